The molecular formula is C33H33F6N7O4. The Kier molecular flexibility index (Phi) is 9.05. The van der Waals surface area contributed by atoms with Crippen LogP contribution in [0.25, 0.3) is 16.8 Å². The van der Waals surface area contributed by atoms with E-state index in [1.165, 1.54) is 54.2 Å². The predicted octanol–water partition coefficient (Wildman–Crippen LogP) is 6.14. The summed E-state index contributed by atoms with van der Waals surface area (Å²) in [6.45, 7) is 4.59. The van der Waals surface area contributed by atoms with E-state index < -0.39 is 42.3 Å². The number of alkyl halides is 6. The van der Waals surface area contributed by atoms with Crippen molar-refractivity contribution < 1.29 is 45.7 Å². The summed E-state index contributed by atoms with van der Waals surface area (Å²) < 4.78 is 94.0. The number of hydrogen-bond acceptors (Lipinski definition) is 9. The molecule has 0 amide bonds. The van der Waals surface area contributed by atoms with Crippen molar-refractivity contribution in [2.24, 2.45) is 5.41 Å². The SMILES string of the molecule is Cc1ccn(-c2cc(-c3ccc(OC(F)(F)F)c(C)c3)ccc2C(Oc2cc(N3CCC4(CC3)CNC(C(=O)O)C4)nc(N)n2)C(F)(F)F)n1. The van der Waals surface area contributed by atoms with Gasteiger partial charge >= 0.3 is 18.5 Å². The first-order chi connectivity index (χ1) is 23.5. The highest BCUT2D eigenvalue weighted by molar-refractivity contribution is 5.74. The number of anilines is 2. The molecule has 2 atom stereocenters. The van der Waals surface area contributed by atoms with E-state index in [1.807, 2.05) is 4.90 Å². The third kappa shape index (κ3) is 7.56. The monoisotopic (exact) mass is 705 g/mol. The highest BCUT2D eigenvalue weighted by atomic mass is 19.4. The Hall–Kier alpha value is -5.06. The molecule has 2 fully saturated rings. The molecule has 17 heteroatoms. The first-order valence-electron chi connectivity index (χ1n) is 15.6. The lowest BCUT2D eigenvalue weighted by molar-refractivity contribution is -0.274. The highest BCUT2D eigenvalue weighted by Crippen LogP contribution is 2.43. The summed E-state index contributed by atoms with van der Waals surface area (Å²) >= 11 is 0. The second-order valence-corrected chi connectivity index (χ2v) is 12.6. The molecule has 0 bridgehead atoms. The standard InChI is InChI=1S/C33H33F6N7O4/c1-18-13-20(4-6-25(18)50-33(37,38)39)21-3-5-22(24(14-21)46-10-7-19(2)44-46)28(32(34,35)36)49-27-15-26(42-30(40)43-27)45-11-8-31(9-12-45)16-23(29(47)48)41-17-31/h3-7,10,13-15,23,28,41H,8-9,11-12,16-17H2,1-2H3,(H,47,48)(H2,40,42,43). The molecule has 2 aliphatic rings. The number of aromatic nitrogens is 4. The van der Waals surface area contributed by atoms with Crippen molar-refractivity contribution in [3.8, 4) is 28.4 Å². The van der Waals surface area contributed by atoms with E-state index in [-0.39, 0.29) is 34.0 Å². The minimum absolute atomic E-state index is 0.0135. The summed E-state index contributed by atoms with van der Waals surface area (Å²) in [6.07, 6.45) is -9.11. The number of carboxylic acid groups (broad SMARTS) is 1. The van der Waals surface area contributed by atoms with E-state index in [9.17, 15) is 36.2 Å². The van der Waals surface area contributed by atoms with E-state index in [0.29, 0.717) is 55.7 Å². The van der Waals surface area contributed by atoms with Gasteiger partial charge in [-0.2, -0.15) is 28.2 Å². The number of aliphatic carboxylic acids is 1. The molecule has 0 aliphatic carbocycles. The Morgan fingerprint density at radius 2 is 1.72 bits per heavy atom. The summed E-state index contributed by atoms with van der Waals surface area (Å²) in [5, 5.41) is 16.7. The van der Waals surface area contributed by atoms with Crippen molar-refractivity contribution in [2.45, 2.75) is 57.8 Å². The largest absolute Gasteiger partial charge is 0.573 e. The Bertz CT molecular complexity index is 1890. The Morgan fingerprint density at radius 1 is 1.02 bits per heavy atom. The fourth-order valence-corrected chi connectivity index (χ4v) is 6.52. The van der Waals surface area contributed by atoms with E-state index in [1.54, 1.807) is 13.0 Å². The van der Waals surface area contributed by atoms with Crippen LogP contribution in [0.2, 0.25) is 0 Å². The normalized spacial score (nSPS) is 18.3. The second kappa shape index (κ2) is 13.0. The van der Waals surface area contributed by atoms with Gasteiger partial charge in [0.25, 0.3) is 0 Å². The number of nitrogens with one attached hydrogen (secondary N) is 1. The molecule has 11 nitrogen and oxygen atoms in total. The zero-order chi connectivity index (χ0) is 36.0. The van der Waals surface area contributed by atoms with E-state index in [0.717, 1.165) is 6.07 Å². The fourth-order valence-electron chi connectivity index (χ4n) is 6.52. The Morgan fingerprint density at radius 3 is 2.32 bits per heavy atom. The Balaban J connectivity index is 1.30. The molecule has 2 unspecified atom stereocenters. The summed E-state index contributed by atoms with van der Waals surface area (Å²) in [5.74, 6) is -1.74. The third-order valence-electron chi connectivity index (χ3n) is 9.07. The molecule has 6 rings (SSSR count). The fraction of sp³-hybridized carbons (Fsp3) is 0.394. The molecular weight excluding hydrogens is 672 g/mol. The quantitative estimate of drug-likeness (QED) is 0.183. The third-order valence-corrected chi connectivity index (χ3v) is 9.07. The van der Waals surface area contributed by atoms with Gasteiger partial charge in [-0.1, -0.05) is 18.2 Å². The van der Waals surface area contributed by atoms with Gasteiger partial charge in [0.2, 0.25) is 17.9 Å². The summed E-state index contributed by atoms with van der Waals surface area (Å²) in [6, 6.07) is 10.3. The maximum Gasteiger partial charge on any atom is 0.573 e. The van der Waals surface area contributed by atoms with Crippen molar-refractivity contribution >= 4 is 17.7 Å². The summed E-state index contributed by atoms with van der Waals surface area (Å²) in [7, 11) is 0. The number of aryl methyl sites for hydroxylation is 2. The van der Waals surface area contributed by atoms with Crippen LogP contribution in [0.3, 0.4) is 0 Å². The molecule has 2 aromatic heterocycles. The highest BCUT2D eigenvalue weighted by Gasteiger charge is 2.46. The number of hydrogen-bond donors (Lipinski definition) is 3. The number of nitrogens with two attached hydrogens (primary N) is 1. The second-order valence-electron chi connectivity index (χ2n) is 12.6. The van der Waals surface area contributed by atoms with Gasteiger partial charge in [0.05, 0.1) is 11.4 Å². The van der Waals surface area contributed by atoms with Crippen molar-refractivity contribution in [3.05, 3.63) is 71.5 Å². The van der Waals surface area contributed by atoms with Gasteiger partial charge in [-0.15, -0.1) is 13.2 Å². The smallest absolute Gasteiger partial charge is 0.480 e. The predicted molar refractivity (Wildman–Crippen MR) is 169 cm³/mol. The zero-order valence-corrected chi connectivity index (χ0v) is 26.8. The van der Waals surface area contributed by atoms with E-state index in [2.05, 4.69) is 25.1 Å². The van der Waals surface area contributed by atoms with E-state index >= 15 is 0 Å². The van der Waals surface area contributed by atoms with Gasteiger partial charge < -0.3 is 30.5 Å². The van der Waals surface area contributed by atoms with Crippen LogP contribution in [0.1, 0.15) is 42.2 Å². The number of carboxylic acids is 1. The maximum atomic E-state index is 14.9. The van der Waals surface area contributed by atoms with Crippen molar-refractivity contribution in [1.29, 1.82) is 0 Å². The minimum Gasteiger partial charge on any atom is -0.480 e. The average Bonchev–Trinajstić information content (AvgIpc) is 3.66. The lowest BCUT2D eigenvalue weighted by Gasteiger charge is -2.39. The molecule has 1 spiro atoms. The molecule has 266 valence electrons. The number of carbonyl (C=O) groups is 1. The van der Waals surface area contributed by atoms with Crippen molar-refractivity contribution in [3.63, 3.8) is 0 Å². The molecule has 4 aromatic rings. The molecule has 2 saturated heterocycles. The van der Waals surface area contributed by atoms with Gasteiger partial charge in [-0.25, -0.2) is 4.68 Å². The Labute approximate surface area is 282 Å². The summed E-state index contributed by atoms with van der Waals surface area (Å²) in [5.41, 5.74) is 6.99. The summed E-state index contributed by atoms with van der Waals surface area (Å²) in [4.78, 5) is 21.5. The van der Waals surface area contributed by atoms with Crippen LogP contribution >= 0.6 is 0 Å². The molecule has 4 N–H and O–H groups in total. The molecule has 2 aliphatic heterocycles. The molecule has 0 radical (unpaired) electrons. The van der Waals surface area contributed by atoms with Gasteiger partial charge in [0.15, 0.2) is 0 Å². The van der Waals surface area contributed by atoms with Crippen LogP contribution in [0, 0.1) is 19.3 Å². The van der Waals surface area contributed by atoms with Gasteiger partial charge in [-0.05, 0) is 79.5 Å². The minimum atomic E-state index is -4.95. The molecule has 50 heavy (non-hydrogen) atoms. The first-order valence-corrected chi connectivity index (χ1v) is 15.6. The van der Waals surface area contributed by atoms with Crippen LogP contribution in [0.5, 0.6) is 11.6 Å². The number of halogens is 6. The van der Waals surface area contributed by atoms with E-state index in [4.69, 9.17) is 10.5 Å². The molecule has 4 heterocycles. The van der Waals surface area contributed by atoms with Crippen LogP contribution < -0.4 is 25.4 Å². The van der Waals surface area contributed by atoms with Gasteiger partial charge in [0.1, 0.15) is 17.6 Å². The lowest BCUT2D eigenvalue weighted by Crippen LogP contribution is -2.41. The maximum absolute atomic E-state index is 14.9. The number of nitrogen functional groups attached to an aromatic ring is 1. The molecule has 0 saturated carbocycles. The number of benzene rings is 2. The van der Waals surface area contributed by atoms with Gasteiger partial charge in [-0.3, -0.25) is 4.79 Å². The number of piperidine rings is 1. The number of nitrogens with zero attached hydrogens (tertiary/aromatic N) is 5. The number of ether oxygens (including phenoxy) is 2. The van der Waals surface area contributed by atoms with Crippen molar-refractivity contribution in [1.82, 2.24) is 25.1 Å². The van der Waals surface area contributed by atoms with Crippen LogP contribution in [-0.2, 0) is 4.79 Å². The van der Waals surface area contributed by atoms with Crippen LogP contribution in [0.15, 0.2) is 54.7 Å². The topological polar surface area (TPSA) is 141 Å². The van der Waals surface area contributed by atoms with Crippen LogP contribution in [0.4, 0.5) is 38.1 Å². The van der Waals surface area contributed by atoms with Crippen LogP contribution in [-0.4, -0.2) is 69.0 Å². The number of rotatable bonds is 8. The first kappa shape index (κ1) is 34.8. The average molecular weight is 706 g/mol. The lowest BCUT2D eigenvalue weighted by atomic mass is 9.76. The van der Waals surface area contributed by atoms with Crippen molar-refractivity contribution in [2.75, 3.05) is 30.3 Å². The zero-order valence-electron chi connectivity index (χ0n) is 26.8. The molecule has 2 aromatic carbocycles. The van der Waals surface area contributed by atoms with Gasteiger partial charge in [0, 0.05) is 37.5 Å².